The van der Waals surface area contributed by atoms with Gasteiger partial charge in [0.2, 0.25) is 5.91 Å². The van der Waals surface area contributed by atoms with Crippen LogP contribution in [-0.4, -0.2) is 25.5 Å². The summed E-state index contributed by atoms with van der Waals surface area (Å²) in [5, 5.41) is 0. The van der Waals surface area contributed by atoms with Crippen molar-refractivity contribution in [2.24, 2.45) is 5.92 Å². The van der Waals surface area contributed by atoms with Crippen molar-refractivity contribution >= 4 is 16.0 Å². The lowest BCUT2D eigenvalue weighted by Gasteiger charge is -2.22. The van der Waals surface area contributed by atoms with E-state index in [-0.39, 0.29) is 23.5 Å². The van der Waals surface area contributed by atoms with Gasteiger partial charge in [0.05, 0.1) is 19.1 Å². The number of carbonyl (C=O) groups is 1. The highest BCUT2D eigenvalue weighted by Crippen LogP contribution is 2.48. The van der Waals surface area contributed by atoms with Crippen molar-refractivity contribution < 1.29 is 21.8 Å². The number of hydrogen-bond donors (Lipinski definition) is 0. The smallest absolute Gasteiger partial charge is 0.306 e. The lowest BCUT2D eigenvalue weighted by atomic mass is 10.1. The Morgan fingerprint density at radius 1 is 1.07 bits per heavy atom. The van der Waals surface area contributed by atoms with Crippen molar-refractivity contribution in [2.45, 2.75) is 25.4 Å². The number of furan rings is 1. The summed E-state index contributed by atoms with van der Waals surface area (Å²) in [6, 6.07) is 20.5. The lowest BCUT2D eigenvalue weighted by molar-refractivity contribution is -0.134. The fourth-order valence-electron chi connectivity index (χ4n) is 3.66. The van der Waals surface area contributed by atoms with Crippen molar-refractivity contribution in [1.82, 2.24) is 4.90 Å². The second kappa shape index (κ2) is 8.36. The van der Waals surface area contributed by atoms with Crippen LogP contribution < -0.4 is 4.18 Å². The molecule has 1 aliphatic carbocycles. The van der Waals surface area contributed by atoms with Gasteiger partial charge in [0, 0.05) is 12.5 Å². The molecule has 0 spiro atoms. The fraction of sp³-hybridized carbons (Fsp3) is 0.261. The molecule has 7 heteroatoms. The van der Waals surface area contributed by atoms with E-state index in [0.717, 1.165) is 18.2 Å². The van der Waals surface area contributed by atoms with Gasteiger partial charge in [-0.05, 0) is 47.7 Å². The van der Waals surface area contributed by atoms with Gasteiger partial charge >= 0.3 is 10.1 Å². The van der Waals surface area contributed by atoms with Crippen LogP contribution in [0.4, 0.5) is 0 Å². The first kappa shape index (κ1) is 20.2. The van der Waals surface area contributed by atoms with Crippen LogP contribution in [0.1, 0.15) is 29.2 Å². The zero-order chi connectivity index (χ0) is 21.1. The second-order valence-corrected chi connectivity index (χ2v) is 9.14. The van der Waals surface area contributed by atoms with E-state index < -0.39 is 10.1 Å². The summed E-state index contributed by atoms with van der Waals surface area (Å²) in [6.07, 6.45) is 3.42. The van der Waals surface area contributed by atoms with Crippen molar-refractivity contribution in [3.8, 4) is 5.75 Å². The van der Waals surface area contributed by atoms with Crippen LogP contribution in [0.3, 0.4) is 0 Å². The number of amides is 1. The van der Waals surface area contributed by atoms with Crippen LogP contribution in [-0.2, 0) is 28.0 Å². The molecule has 1 aromatic heterocycles. The van der Waals surface area contributed by atoms with E-state index in [9.17, 15) is 13.2 Å². The van der Waals surface area contributed by atoms with Gasteiger partial charge in [0.15, 0.2) is 0 Å². The Kier molecular flexibility index (Phi) is 5.63. The number of rotatable bonds is 8. The highest BCUT2D eigenvalue weighted by molar-refractivity contribution is 7.86. The SMILES string of the molecule is CS(=O)(=O)Oc1cccc(CN(Cc2ccco2)C(=O)C2CC2c2ccccc2)c1. The first-order valence-electron chi connectivity index (χ1n) is 9.73. The molecule has 1 fully saturated rings. The summed E-state index contributed by atoms with van der Waals surface area (Å²) >= 11 is 0. The molecule has 1 saturated carbocycles. The molecule has 2 aromatic carbocycles. The highest BCUT2D eigenvalue weighted by atomic mass is 32.2. The van der Waals surface area contributed by atoms with Gasteiger partial charge in [0.25, 0.3) is 0 Å². The molecule has 0 aliphatic heterocycles. The van der Waals surface area contributed by atoms with Crippen LogP contribution >= 0.6 is 0 Å². The van der Waals surface area contributed by atoms with E-state index in [4.69, 9.17) is 8.60 Å². The Balaban J connectivity index is 1.52. The third-order valence-corrected chi connectivity index (χ3v) is 5.59. The number of hydrogen-bond acceptors (Lipinski definition) is 5. The molecule has 1 aliphatic rings. The van der Waals surface area contributed by atoms with E-state index in [0.29, 0.717) is 18.8 Å². The first-order valence-corrected chi connectivity index (χ1v) is 11.6. The zero-order valence-corrected chi connectivity index (χ0v) is 17.4. The molecule has 2 atom stereocenters. The molecule has 2 unspecified atom stereocenters. The summed E-state index contributed by atoms with van der Waals surface area (Å²) in [7, 11) is -3.62. The monoisotopic (exact) mass is 425 g/mol. The average Bonchev–Trinajstić information content (AvgIpc) is 3.35. The van der Waals surface area contributed by atoms with Crippen LogP contribution in [0.15, 0.2) is 77.4 Å². The van der Waals surface area contributed by atoms with Gasteiger partial charge in [-0.2, -0.15) is 8.42 Å². The first-order chi connectivity index (χ1) is 14.4. The largest absolute Gasteiger partial charge is 0.467 e. The van der Waals surface area contributed by atoms with E-state index >= 15 is 0 Å². The molecule has 30 heavy (non-hydrogen) atoms. The minimum atomic E-state index is -3.62. The zero-order valence-electron chi connectivity index (χ0n) is 16.6. The van der Waals surface area contributed by atoms with Gasteiger partial charge in [0.1, 0.15) is 11.5 Å². The molecule has 156 valence electrons. The molecule has 4 rings (SSSR count). The summed E-state index contributed by atoms with van der Waals surface area (Å²) in [6.45, 7) is 0.680. The molecular formula is C23H23NO5S. The van der Waals surface area contributed by atoms with E-state index in [1.54, 1.807) is 35.4 Å². The maximum Gasteiger partial charge on any atom is 0.306 e. The molecule has 6 nitrogen and oxygen atoms in total. The molecule has 1 heterocycles. The average molecular weight is 426 g/mol. The van der Waals surface area contributed by atoms with E-state index in [2.05, 4.69) is 12.1 Å². The molecule has 0 saturated heterocycles. The maximum atomic E-state index is 13.3. The van der Waals surface area contributed by atoms with E-state index in [1.165, 1.54) is 5.56 Å². The minimum Gasteiger partial charge on any atom is -0.467 e. The molecule has 0 radical (unpaired) electrons. The Bertz CT molecular complexity index is 1110. The van der Waals surface area contributed by atoms with Gasteiger partial charge in [-0.25, -0.2) is 0 Å². The third-order valence-electron chi connectivity index (χ3n) is 5.09. The number of benzene rings is 2. The Hall–Kier alpha value is -3.06. The fourth-order valence-corrected chi connectivity index (χ4v) is 4.12. The summed E-state index contributed by atoms with van der Waals surface area (Å²) < 4.78 is 33.3. The predicted octanol–water partition coefficient (Wildman–Crippen LogP) is 3.95. The van der Waals surface area contributed by atoms with Crippen LogP contribution in [0.2, 0.25) is 0 Å². The van der Waals surface area contributed by atoms with Crippen LogP contribution in [0.5, 0.6) is 5.75 Å². The lowest BCUT2D eigenvalue weighted by Crippen LogP contribution is -2.31. The minimum absolute atomic E-state index is 0.0576. The van der Waals surface area contributed by atoms with Crippen molar-refractivity contribution in [3.05, 3.63) is 89.9 Å². The molecule has 0 bridgehead atoms. The van der Waals surface area contributed by atoms with Crippen LogP contribution in [0.25, 0.3) is 0 Å². The quantitative estimate of drug-likeness (QED) is 0.511. The molecule has 3 aromatic rings. The summed E-state index contributed by atoms with van der Waals surface area (Å²) in [5.41, 5.74) is 1.96. The second-order valence-electron chi connectivity index (χ2n) is 7.57. The Labute approximate surface area is 176 Å². The number of carbonyl (C=O) groups excluding carboxylic acids is 1. The Morgan fingerprint density at radius 2 is 1.87 bits per heavy atom. The van der Waals surface area contributed by atoms with Gasteiger partial charge in [-0.1, -0.05) is 42.5 Å². The predicted molar refractivity (Wildman–Crippen MR) is 112 cm³/mol. The molecule has 1 amide bonds. The topological polar surface area (TPSA) is 76.8 Å². The van der Waals surface area contributed by atoms with Gasteiger partial charge in [-0.15, -0.1) is 0 Å². The number of nitrogens with zero attached hydrogens (tertiary/aromatic N) is 1. The van der Waals surface area contributed by atoms with Crippen molar-refractivity contribution in [2.75, 3.05) is 6.26 Å². The standard InChI is InChI=1S/C23H23NO5S/c1-30(26,27)29-19-10-5-7-17(13-19)15-24(16-20-11-6-12-28-20)23(25)22-14-21(22)18-8-3-2-4-9-18/h2-13,21-22H,14-16H2,1H3. The molecular weight excluding hydrogens is 402 g/mol. The molecule has 0 N–H and O–H groups in total. The van der Waals surface area contributed by atoms with Crippen molar-refractivity contribution in [1.29, 1.82) is 0 Å². The Morgan fingerprint density at radius 3 is 2.57 bits per heavy atom. The maximum absolute atomic E-state index is 13.3. The summed E-state index contributed by atoms with van der Waals surface area (Å²) in [5.74, 6) is 1.17. The summed E-state index contributed by atoms with van der Waals surface area (Å²) in [4.78, 5) is 15.0. The van der Waals surface area contributed by atoms with Gasteiger partial charge in [-0.3, -0.25) is 4.79 Å². The highest BCUT2D eigenvalue weighted by Gasteiger charge is 2.45. The normalized spacial score (nSPS) is 18.0. The van der Waals surface area contributed by atoms with E-state index in [1.807, 2.05) is 30.3 Å². The van der Waals surface area contributed by atoms with Crippen molar-refractivity contribution in [3.63, 3.8) is 0 Å². The van der Waals surface area contributed by atoms with Crippen LogP contribution in [0, 0.1) is 5.92 Å². The third kappa shape index (κ3) is 5.10. The van der Waals surface area contributed by atoms with Gasteiger partial charge < -0.3 is 13.5 Å².